The maximum absolute atomic E-state index is 13.0. The Morgan fingerprint density at radius 1 is 1.26 bits per heavy atom. The van der Waals surface area contributed by atoms with Crippen LogP contribution in [0.2, 0.25) is 0 Å². The predicted octanol–water partition coefficient (Wildman–Crippen LogP) is 2.24. The van der Waals surface area contributed by atoms with Crippen LogP contribution in [-0.2, 0) is 14.8 Å². The molecule has 128 valence electrons. The van der Waals surface area contributed by atoms with Crippen molar-refractivity contribution in [1.29, 1.82) is 0 Å². The first-order valence-corrected chi connectivity index (χ1v) is 9.63. The van der Waals surface area contributed by atoms with Crippen molar-refractivity contribution in [3.8, 4) is 0 Å². The Labute approximate surface area is 137 Å². The van der Waals surface area contributed by atoms with Gasteiger partial charge in [-0.2, -0.15) is 0 Å². The lowest BCUT2D eigenvalue weighted by Gasteiger charge is -2.31. The number of hydrogen-bond acceptors (Lipinski definition) is 3. The Morgan fingerprint density at radius 2 is 1.83 bits per heavy atom. The Hall–Kier alpha value is -1.63. The van der Waals surface area contributed by atoms with Crippen LogP contribution in [0.3, 0.4) is 0 Å². The van der Waals surface area contributed by atoms with E-state index >= 15 is 0 Å². The molecule has 1 aromatic rings. The third-order valence-electron chi connectivity index (χ3n) is 4.18. The molecule has 0 saturated carbocycles. The molecule has 1 aliphatic heterocycles. The fourth-order valence-electron chi connectivity index (χ4n) is 2.71. The lowest BCUT2D eigenvalue weighted by Crippen LogP contribution is -2.40. The van der Waals surface area contributed by atoms with E-state index in [1.54, 1.807) is 4.90 Å². The second-order valence-electron chi connectivity index (χ2n) is 6.12. The molecule has 1 fully saturated rings. The summed E-state index contributed by atoms with van der Waals surface area (Å²) in [5.74, 6) is 0.166. The fourth-order valence-corrected chi connectivity index (χ4v) is 3.63. The first-order valence-electron chi connectivity index (χ1n) is 7.78. The third-order valence-corrected chi connectivity index (χ3v) is 5.37. The highest BCUT2D eigenvalue weighted by Gasteiger charge is 2.23. The van der Waals surface area contributed by atoms with Crippen LogP contribution in [0.25, 0.3) is 0 Å². The monoisotopic (exact) mass is 342 g/mol. The molecule has 2 rings (SSSR count). The molecule has 0 spiro atoms. The summed E-state index contributed by atoms with van der Waals surface area (Å²) in [4.78, 5) is 14.1. The average Bonchev–Trinajstić information content (AvgIpc) is 2.48. The number of rotatable bonds is 5. The minimum Gasteiger partial charge on any atom is -0.343 e. The van der Waals surface area contributed by atoms with Crippen molar-refractivity contribution >= 4 is 21.6 Å². The molecule has 1 heterocycles. The summed E-state index contributed by atoms with van der Waals surface area (Å²) in [5.41, 5.74) is 0.369. The number of sulfonamides is 1. The average molecular weight is 342 g/mol. The summed E-state index contributed by atoms with van der Waals surface area (Å²) >= 11 is 0. The summed E-state index contributed by atoms with van der Waals surface area (Å²) in [6, 6.07) is 5.23. The van der Waals surface area contributed by atoms with Crippen LogP contribution in [-0.4, -0.2) is 45.1 Å². The van der Waals surface area contributed by atoms with Gasteiger partial charge >= 0.3 is 0 Å². The summed E-state index contributed by atoms with van der Waals surface area (Å²) in [6.45, 7) is 3.70. The van der Waals surface area contributed by atoms with E-state index in [0.29, 0.717) is 11.6 Å². The van der Waals surface area contributed by atoms with Crippen molar-refractivity contribution in [3.05, 3.63) is 30.1 Å². The molecule has 0 aliphatic carbocycles. The Bertz CT molecular complexity index is 638. The van der Waals surface area contributed by atoms with Crippen LogP contribution in [0, 0.1) is 11.7 Å². The highest BCUT2D eigenvalue weighted by atomic mass is 32.2. The third kappa shape index (κ3) is 4.92. The smallest absolute Gasteiger partial charge is 0.232 e. The van der Waals surface area contributed by atoms with Gasteiger partial charge in [-0.3, -0.25) is 9.10 Å². The van der Waals surface area contributed by atoms with Crippen LogP contribution < -0.4 is 4.31 Å². The van der Waals surface area contributed by atoms with Crippen LogP contribution in [0.5, 0.6) is 0 Å². The molecule has 1 aliphatic rings. The van der Waals surface area contributed by atoms with Gasteiger partial charge in [0.1, 0.15) is 5.82 Å². The summed E-state index contributed by atoms with van der Waals surface area (Å²) in [5, 5.41) is 0. The van der Waals surface area contributed by atoms with Gasteiger partial charge in [-0.25, -0.2) is 12.8 Å². The van der Waals surface area contributed by atoms with E-state index in [1.165, 1.54) is 24.3 Å². The summed E-state index contributed by atoms with van der Waals surface area (Å²) in [6.07, 6.45) is 3.18. The maximum Gasteiger partial charge on any atom is 0.232 e. The van der Waals surface area contributed by atoms with Gasteiger partial charge in [0.05, 0.1) is 11.9 Å². The minimum atomic E-state index is -3.53. The lowest BCUT2D eigenvalue weighted by molar-refractivity contribution is -0.132. The molecule has 7 heteroatoms. The first-order chi connectivity index (χ1) is 10.8. The number of likely N-dealkylation sites (tertiary alicyclic amines) is 1. The molecule has 1 saturated heterocycles. The standard InChI is InChI=1S/C16H23FN2O3S/c1-13-7-10-18(11-8-13)16(20)9-12-19(23(2,21)22)15-5-3-14(17)4-6-15/h3-6,13H,7-12H2,1-2H3. The van der Waals surface area contributed by atoms with E-state index in [-0.39, 0.29) is 18.9 Å². The number of halogens is 1. The number of benzene rings is 1. The zero-order chi connectivity index (χ0) is 17.0. The molecule has 1 amide bonds. The van der Waals surface area contributed by atoms with Gasteiger partial charge in [-0.1, -0.05) is 6.92 Å². The van der Waals surface area contributed by atoms with Gasteiger partial charge < -0.3 is 4.90 Å². The highest BCUT2D eigenvalue weighted by Crippen LogP contribution is 2.20. The number of hydrogen-bond donors (Lipinski definition) is 0. The molecule has 0 N–H and O–H groups in total. The number of carbonyl (C=O) groups is 1. The van der Waals surface area contributed by atoms with Crippen molar-refractivity contribution in [2.75, 3.05) is 30.2 Å². The predicted molar refractivity (Wildman–Crippen MR) is 88.2 cm³/mol. The quantitative estimate of drug-likeness (QED) is 0.824. The van der Waals surface area contributed by atoms with Crippen molar-refractivity contribution in [3.63, 3.8) is 0 Å². The molecule has 0 radical (unpaired) electrons. The van der Waals surface area contributed by atoms with Crippen LogP contribution >= 0.6 is 0 Å². The maximum atomic E-state index is 13.0. The Kier molecular flexibility index (Phi) is 5.62. The highest BCUT2D eigenvalue weighted by molar-refractivity contribution is 7.92. The number of piperidine rings is 1. The Morgan fingerprint density at radius 3 is 2.35 bits per heavy atom. The van der Waals surface area contributed by atoms with Gasteiger partial charge in [0, 0.05) is 26.1 Å². The van der Waals surface area contributed by atoms with Gasteiger partial charge in [-0.05, 0) is 43.0 Å². The largest absolute Gasteiger partial charge is 0.343 e. The number of anilines is 1. The van der Waals surface area contributed by atoms with E-state index < -0.39 is 15.8 Å². The Balaban J connectivity index is 2.02. The van der Waals surface area contributed by atoms with E-state index in [1.807, 2.05) is 0 Å². The summed E-state index contributed by atoms with van der Waals surface area (Å²) < 4.78 is 38.1. The van der Waals surface area contributed by atoms with Gasteiger partial charge in [0.15, 0.2) is 0 Å². The minimum absolute atomic E-state index is 0.0346. The van der Waals surface area contributed by atoms with Gasteiger partial charge in [-0.15, -0.1) is 0 Å². The van der Waals surface area contributed by atoms with Gasteiger partial charge in [0.25, 0.3) is 0 Å². The molecule has 0 aromatic heterocycles. The van der Waals surface area contributed by atoms with Crippen molar-refractivity contribution < 1.29 is 17.6 Å². The number of amides is 1. The number of carbonyl (C=O) groups excluding carboxylic acids is 1. The molecule has 1 aromatic carbocycles. The van der Waals surface area contributed by atoms with Crippen LogP contribution in [0.1, 0.15) is 26.2 Å². The molecule has 0 bridgehead atoms. The second kappa shape index (κ2) is 7.29. The number of nitrogens with zero attached hydrogens (tertiary/aromatic N) is 2. The van der Waals surface area contributed by atoms with Crippen molar-refractivity contribution in [2.45, 2.75) is 26.2 Å². The van der Waals surface area contributed by atoms with E-state index in [4.69, 9.17) is 0 Å². The molecule has 23 heavy (non-hydrogen) atoms. The fraction of sp³-hybridized carbons (Fsp3) is 0.562. The SMILES string of the molecule is CC1CCN(C(=O)CCN(c2ccc(F)cc2)S(C)(=O)=O)CC1. The topological polar surface area (TPSA) is 57.7 Å². The van der Waals surface area contributed by atoms with Crippen molar-refractivity contribution in [2.24, 2.45) is 5.92 Å². The first kappa shape index (κ1) is 17.7. The molecule has 5 nitrogen and oxygen atoms in total. The van der Waals surface area contributed by atoms with Crippen LogP contribution in [0.15, 0.2) is 24.3 Å². The lowest BCUT2D eigenvalue weighted by atomic mass is 9.99. The molecule has 0 unspecified atom stereocenters. The zero-order valence-electron chi connectivity index (χ0n) is 13.5. The molecular weight excluding hydrogens is 319 g/mol. The zero-order valence-corrected chi connectivity index (χ0v) is 14.4. The molecule has 0 atom stereocenters. The van der Waals surface area contributed by atoms with E-state index in [9.17, 15) is 17.6 Å². The van der Waals surface area contributed by atoms with E-state index in [2.05, 4.69) is 6.92 Å². The van der Waals surface area contributed by atoms with E-state index in [0.717, 1.165) is 36.5 Å². The molecular formula is C16H23FN2O3S. The van der Waals surface area contributed by atoms with Crippen LogP contribution in [0.4, 0.5) is 10.1 Å². The normalized spacial score (nSPS) is 16.4. The van der Waals surface area contributed by atoms with Crippen molar-refractivity contribution in [1.82, 2.24) is 4.90 Å². The summed E-state index contributed by atoms with van der Waals surface area (Å²) in [7, 11) is -3.53. The second-order valence-corrected chi connectivity index (χ2v) is 8.03. The van der Waals surface area contributed by atoms with Gasteiger partial charge in [0.2, 0.25) is 15.9 Å².